The van der Waals surface area contributed by atoms with Crippen LogP contribution >= 0.6 is 0 Å². The van der Waals surface area contributed by atoms with Crippen LogP contribution in [0.4, 0.5) is 4.79 Å². The van der Waals surface area contributed by atoms with Gasteiger partial charge in [0.1, 0.15) is 11.5 Å². The number of pyridine rings is 1. The highest BCUT2D eigenvalue weighted by atomic mass is 16.5. The van der Waals surface area contributed by atoms with E-state index in [1.807, 2.05) is 57.2 Å². The summed E-state index contributed by atoms with van der Waals surface area (Å²) in [5, 5.41) is 0.966. The van der Waals surface area contributed by atoms with Gasteiger partial charge < -0.3 is 24.4 Å². The third-order valence-corrected chi connectivity index (χ3v) is 7.03. The lowest BCUT2D eigenvalue weighted by Gasteiger charge is -2.38. The van der Waals surface area contributed by atoms with E-state index in [4.69, 9.17) is 4.74 Å². The van der Waals surface area contributed by atoms with Gasteiger partial charge in [0, 0.05) is 69.0 Å². The molecule has 38 heavy (non-hydrogen) atoms. The van der Waals surface area contributed by atoms with E-state index < -0.39 is 0 Å². The number of rotatable bonds is 4. The summed E-state index contributed by atoms with van der Waals surface area (Å²) in [6, 6.07) is 15.6. The fraction of sp³-hybridized carbons (Fsp3) is 0.321. The number of hydrogen-bond acceptors (Lipinski definition) is 6. The number of nitrogens with zero attached hydrogens (tertiary/aromatic N) is 6. The first kappa shape index (κ1) is 24.1. The molecule has 0 saturated carbocycles. The maximum atomic E-state index is 13.2. The van der Waals surface area contributed by atoms with Crippen molar-refractivity contribution < 1.29 is 14.3 Å². The second-order valence-corrected chi connectivity index (χ2v) is 9.52. The summed E-state index contributed by atoms with van der Waals surface area (Å²) in [5.41, 5.74) is 4.12. The number of morpholine rings is 1. The zero-order valence-electron chi connectivity index (χ0n) is 21.0. The zero-order chi connectivity index (χ0) is 25.9. The first-order valence-corrected chi connectivity index (χ1v) is 12.9. The highest BCUT2D eigenvalue weighted by Gasteiger charge is 2.29. The van der Waals surface area contributed by atoms with Crippen molar-refractivity contribution in [3.8, 4) is 11.4 Å². The van der Waals surface area contributed by atoms with Gasteiger partial charge in [0.15, 0.2) is 0 Å². The van der Waals surface area contributed by atoms with E-state index in [0.29, 0.717) is 70.4 Å². The smallest absolute Gasteiger partial charge is 0.320 e. The van der Waals surface area contributed by atoms with Crippen molar-refractivity contribution in [2.75, 3.05) is 52.5 Å². The Morgan fingerprint density at radius 2 is 1.61 bits per heavy atom. The van der Waals surface area contributed by atoms with E-state index in [2.05, 4.69) is 26.0 Å². The molecule has 2 saturated heterocycles. The quantitative estimate of drug-likeness (QED) is 0.452. The summed E-state index contributed by atoms with van der Waals surface area (Å²) in [6.45, 7) is 4.49. The number of benzene rings is 1. The maximum absolute atomic E-state index is 13.2. The van der Waals surface area contributed by atoms with Crippen molar-refractivity contribution in [3.63, 3.8) is 0 Å². The van der Waals surface area contributed by atoms with Crippen LogP contribution in [0.25, 0.3) is 22.3 Å². The van der Waals surface area contributed by atoms with E-state index in [1.165, 1.54) is 0 Å². The third kappa shape index (κ3) is 5.08. The predicted octanol–water partition coefficient (Wildman–Crippen LogP) is 2.82. The minimum atomic E-state index is -0.0485. The number of hydrogen-bond donors (Lipinski definition) is 1. The Hall–Kier alpha value is -4.31. The Balaban J connectivity index is 1.11. The summed E-state index contributed by atoms with van der Waals surface area (Å²) < 4.78 is 5.34. The Labute approximate surface area is 220 Å². The minimum absolute atomic E-state index is 0.0353. The molecule has 2 aliphatic rings. The van der Waals surface area contributed by atoms with E-state index in [0.717, 1.165) is 27.9 Å². The van der Waals surface area contributed by atoms with Crippen LogP contribution in [0.1, 0.15) is 21.9 Å². The molecule has 1 N–H and O–H groups in total. The third-order valence-electron chi connectivity index (χ3n) is 7.03. The van der Waals surface area contributed by atoms with Crippen LogP contribution in [-0.2, 0) is 11.2 Å². The van der Waals surface area contributed by atoms with Gasteiger partial charge in [0.2, 0.25) is 0 Å². The average Bonchev–Trinajstić information content (AvgIpc) is 3.41. The van der Waals surface area contributed by atoms with Crippen molar-refractivity contribution in [3.05, 3.63) is 78.0 Å². The average molecular weight is 512 g/mol. The first-order chi connectivity index (χ1) is 18.6. The van der Waals surface area contributed by atoms with Crippen molar-refractivity contribution in [2.45, 2.75) is 6.42 Å². The van der Waals surface area contributed by atoms with Crippen molar-refractivity contribution in [2.24, 2.45) is 0 Å². The fourth-order valence-corrected chi connectivity index (χ4v) is 4.96. The number of H-pyrrole nitrogens is 1. The second-order valence-electron chi connectivity index (χ2n) is 9.52. The Morgan fingerprint density at radius 1 is 0.816 bits per heavy atom. The lowest BCUT2D eigenvalue weighted by molar-refractivity contribution is 0.0362. The number of urea groups is 1. The monoisotopic (exact) mass is 511 g/mol. The van der Waals surface area contributed by atoms with Crippen LogP contribution in [0.15, 0.2) is 60.9 Å². The van der Waals surface area contributed by atoms with Gasteiger partial charge in [-0.2, -0.15) is 0 Å². The lowest BCUT2D eigenvalue weighted by atomic mass is 10.1. The Bertz CT molecular complexity index is 1440. The van der Waals surface area contributed by atoms with Crippen molar-refractivity contribution >= 4 is 22.8 Å². The van der Waals surface area contributed by atoms with Crippen LogP contribution in [0.5, 0.6) is 0 Å². The number of carbonyl (C=O) groups excluding carboxylic acids is 2. The Kier molecular flexibility index (Phi) is 6.70. The molecule has 0 atom stereocenters. The molecule has 10 nitrogen and oxygen atoms in total. The number of fused-ring (bicyclic) bond motifs is 1. The molecule has 3 aromatic heterocycles. The molecular weight excluding hydrogens is 482 g/mol. The van der Waals surface area contributed by atoms with Gasteiger partial charge in [0.25, 0.3) is 5.91 Å². The molecule has 3 amide bonds. The number of ether oxygens (including phenoxy) is 1. The Morgan fingerprint density at radius 3 is 2.39 bits per heavy atom. The summed E-state index contributed by atoms with van der Waals surface area (Å²) in [5.74, 6) is 0.663. The van der Waals surface area contributed by atoms with E-state index in [9.17, 15) is 9.59 Å². The zero-order valence-corrected chi connectivity index (χ0v) is 21.0. The largest absolute Gasteiger partial charge is 0.378 e. The van der Waals surface area contributed by atoms with E-state index in [1.54, 1.807) is 12.4 Å². The standard InChI is InChI=1S/C28H29N7O3/c36-27(33-9-11-34(12-10-33)28(37)35-13-15-38-16-14-35)25-19-21-17-20(4-5-22(21)31-25)18-26-30-8-6-24(32-26)23-3-1-2-7-29-23/h1-8,17,19,31H,9-16,18H2. The summed E-state index contributed by atoms with van der Waals surface area (Å²) in [6.07, 6.45) is 4.08. The number of aromatic amines is 1. The van der Waals surface area contributed by atoms with Gasteiger partial charge in [-0.15, -0.1) is 0 Å². The number of amides is 3. The van der Waals surface area contributed by atoms with Gasteiger partial charge in [0.05, 0.1) is 24.6 Å². The molecule has 2 aliphatic heterocycles. The SMILES string of the molecule is O=C(c1cc2cc(Cc3nccc(-c4ccccn4)n3)ccc2[nH]1)N1CCN(C(=O)N2CCOCC2)CC1. The van der Waals surface area contributed by atoms with Gasteiger partial charge in [-0.05, 0) is 42.0 Å². The van der Waals surface area contributed by atoms with Crippen LogP contribution < -0.4 is 0 Å². The molecule has 0 spiro atoms. The topological polar surface area (TPSA) is 108 Å². The van der Waals surface area contributed by atoms with Gasteiger partial charge in [-0.25, -0.2) is 14.8 Å². The molecule has 0 radical (unpaired) electrons. The lowest BCUT2D eigenvalue weighted by Crippen LogP contribution is -2.55. The number of nitrogens with one attached hydrogen (secondary N) is 1. The highest BCUT2D eigenvalue weighted by Crippen LogP contribution is 2.21. The molecular formula is C28H29N7O3. The second kappa shape index (κ2) is 10.6. The van der Waals surface area contributed by atoms with E-state index in [-0.39, 0.29) is 11.9 Å². The molecule has 10 heteroatoms. The summed E-state index contributed by atoms with van der Waals surface area (Å²) in [7, 11) is 0. The molecule has 2 fully saturated rings. The van der Waals surface area contributed by atoms with Crippen LogP contribution in [0.3, 0.4) is 0 Å². The molecule has 0 aliphatic carbocycles. The number of aromatic nitrogens is 4. The predicted molar refractivity (Wildman–Crippen MR) is 142 cm³/mol. The van der Waals surface area contributed by atoms with Crippen molar-refractivity contribution in [1.29, 1.82) is 0 Å². The van der Waals surface area contributed by atoms with E-state index >= 15 is 0 Å². The molecule has 5 heterocycles. The van der Waals surface area contributed by atoms with Crippen LogP contribution in [0.2, 0.25) is 0 Å². The minimum Gasteiger partial charge on any atom is -0.378 e. The van der Waals surface area contributed by atoms with Gasteiger partial charge in [-0.1, -0.05) is 12.1 Å². The van der Waals surface area contributed by atoms with Crippen LogP contribution in [-0.4, -0.2) is 99.1 Å². The molecule has 0 unspecified atom stereocenters. The molecule has 1 aromatic carbocycles. The van der Waals surface area contributed by atoms with Crippen molar-refractivity contribution in [1.82, 2.24) is 34.6 Å². The number of carbonyl (C=O) groups is 2. The summed E-state index contributed by atoms with van der Waals surface area (Å²) in [4.78, 5) is 48.2. The molecule has 194 valence electrons. The molecule has 6 rings (SSSR count). The maximum Gasteiger partial charge on any atom is 0.320 e. The highest BCUT2D eigenvalue weighted by molar-refractivity contribution is 5.98. The first-order valence-electron chi connectivity index (χ1n) is 12.9. The summed E-state index contributed by atoms with van der Waals surface area (Å²) >= 11 is 0. The fourth-order valence-electron chi connectivity index (χ4n) is 4.96. The van der Waals surface area contributed by atoms with Gasteiger partial charge >= 0.3 is 6.03 Å². The van der Waals surface area contributed by atoms with Crippen LogP contribution in [0, 0.1) is 0 Å². The normalized spacial score (nSPS) is 16.2. The number of piperazine rings is 1. The van der Waals surface area contributed by atoms with Gasteiger partial charge in [-0.3, -0.25) is 9.78 Å². The molecule has 4 aromatic rings. The molecule has 0 bridgehead atoms.